The number of nitrogens with one attached hydrogen (secondary N) is 2. The van der Waals surface area contributed by atoms with E-state index in [-0.39, 0.29) is 17.9 Å². The summed E-state index contributed by atoms with van der Waals surface area (Å²) in [5.74, 6) is -2.05. The number of rotatable bonds is 6. The highest BCUT2D eigenvalue weighted by Gasteiger charge is 2.36. The summed E-state index contributed by atoms with van der Waals surface area (Å²) in [7, 11) is 0. The van der Waals surface area contributed by atoms with Crippen LogP contribution in [0.2, 0.25) is 0 Å². The maximum Gasteiger partial charge on any atom is 0.307 e. The van der Waals surface area contributed by atoms with Gasteiger partial charge in [-0.3, -0.25) is 14.4 Å². The molecule has 3 aliphatic carbocycles. The maximum atomic E-state index is 13.3. The van der Waals surface area contributed by atoms with Gasteiger partial charge in [0.15, 0.2) is 0 Å². The molecule has 0 unspecified atom stereocenters. The van der Waals surface area contributed by atoms with Gasteiger partial charge in [0.2, 0.25) is 5.91 Å². The largest absolute Gasteiger partial charge is 0.481 e. The van der Waals surface area contributed by atoms with Gasteiger partial charge in [-0.05, 0) is 56.4 Å². The molecular formula is C24H32N2O4S. The lowest BCUT2D eigenvalue weighted by Crippen LogP contribution is -2.36. The van der Waals surface area contributed by atoms with Gasteiger partial charge in [0.05, 0.1) is 17.4 Å². The lowest BCUT2D eigenvalue weighted by molar-refractivity contribution is -0.146. The summed E-state index contributed by atoms with van der Waals surface area (Å²) >= 11 is 1.51. The molecule has 0 radical (unpaired) electrons. The van der Waals surface area contributed by atoms with Crippen LogP contribution in [0, 0.1) is 17.8 Å². The third kappa shape index (κ3) is 4.71. The summed E-state index contributed by atoms with van der Waals surface area (Å²) in [4.78, 5) is 39.2. The molecule has 31 heavy (non-hydrogen) atoms. The number of carboxylic acids is 1. The van der Waals surface area contributed by atoms with Crippen LogP contribution >= 0.6 is 11.3 Å². The van der Waals surface area contributed by atoms with Gasteiger partial charge >= 0.3 is 5.97 Å². The Kier molecular flexibility index (Phi) is 6.80. The number of thiophene rings is 1. The molecular weight excluding hydrogens is 412 g/mol. The number of hydrogen-bond acceptors (Lipinski definition) is 4. The summed E-state index contributed by atoms with van der Waals surface area (Å²) in [6.07, 6.45) is 12.7. The van der Waals surface area contributed by atoms with Gasteiger partial charge in [0.1, 0.15) is 5.00 Å². The smallest absolute Gasteiger partial charge is 0.307 e. The first-order chi connectivity index (χ1) is 15.0. The van der Waals surface area contributed by atoms with Gasteiger partial charge < -0.3 is 15.7 Å². The Labute approximate surface area is 187 Å². The highest BCUT2D eigenvalue weighted by Crippen LogP contribution is 2.41. The molecule has 1 aromatic heterocycles. The Hall–Kier alpha value is -2.15. The van der Waals surface area contributed by atoms with E-state index in [9.17, 15) is 19.5 Å². The van der Waals surface area contributed by atoms with E-state index < -0.39 is 17.8 Å². The van der Waals surface area contributed by atoms with Crippen LogP contribution < -0.4 is 10.6 Å². The first kappa shape index (κ1) is 22.1. The number of anilines is 1. The fourth-order valence-electron chi connectivity index (χ4n) is 5.24. The number of amides is 2. The minimum absolute atomic E-state index is 0.0898. The molecule has 3 atom stereocenters. The van der Waals surface area contributed by atoms with E-state index in [1.54, 1.807) is 0 Å². The predicted octanol–water partition coefficient (Wildman–Crippen LogP) is 4.54. The van der Waals surface area contributed by atoms with Crippen molar-refractivity contribution >= 4 is 34.1 Å². The van der Waals surface area contributed by atoms with Crippen LogP contribution in [0.5, 0.6) is 0 Å². The number of aliphatic carboxylic acids is 1. The third-order valence-corrected chi connectivity index (χ3v) is 8.36. The highest BCUT2D eigenvalue weighted by atomic mass is 32.1. The zero-order chi connectivity index (χ0) is 22.0. The molecule has 0 aliphatic heterocycles. The Morgan fingerprint density at radius 2 is 1.81 bits per heavy atom. The SMILES string of the molecule is CC[C@@H]1CCc2c(sc(NC(=O)[C@H]3CC=CC[C@H]3C(=O)O)c2C(=O)NC2CCCC2)C1. The normalized spacial score (nSPS) is 25.8. The van der Waals surface area contributed by atoms with Crippen molar-refractivity contribution in [2.45, 2.75) is 77.2 Å². The van der Waals surface area contributed by atoms with Gasteiger partial charge in [-0.1, -0.05) is 38.3 Å². The van der Waals surface area contributed by atoms with Crippen LogP contribution in [-0.2, 0) is 22.4 Å². The molecule has 2 amide bonds. The van der Waals surface area contributed by atoms with E-state index in [2.05, 4.69) is 17.6 Å². The predicted molar refractivity (Wildman–Crippen MR) is 121 cm³/mol. The van der Waals surface area contributed by atoms with Crippen LogP contribution in [0.3, 0.4) is 0 Å². The number of carbonyl (C=O) groups is 3. The van der Waals surface area contributed by atoms with Crippen molar-refractivity contribution in [3.63, 3.8) is 0 Å². The number of hydrogen-bond donors (Lipinski definition) is 3. The maximum absolute atomic E-state index is 13.3. The molecule has 3 aliphatic rings. The van der Waals surface area contributed by atoms with Gasteiger partial charge in [-0.25, -0.2) is 0 Å². The monoisotopic (exact) mass is 444 g/mol. The Morgan fingerprint density at radius 3 is 2.48 bits per heavy atom. The second-order valence-corrected chi connectivity index (χ2v) is 10.3. The molecule has 4 rings (SSSR count). The molecule has 168 valence electrons. The van der Waals surface area contributed by atoms with E-state index in [1.807, 2.05) is 12.2 Å². The average molecular weight is 445 g/mol. The van der Waals surface area contributed by atoms with Crippen LogP contribution in [0.4, 0.5) is 5.00 Å². The van der Waals surface area contributed by atoms with Crippen molar-refractivity contribution in [1.82, 2.24) is 5.32 Å². The molecule has 6 nitrogen and oxygen atoms in total. The van der Waals surface area contributed by atoms with Crippen LogP contribution in [-0.4, -0.2) is 28.9 Å². The lowest BCUT2D eigenvalue weighted by Gasteiger charge is -2.24. The molecule has 0 aromatic carbocycles. The highest BCUT2D eigenvalue weighted by molar-refractivity contribution is 7.17. The van der Waals surface area contributed by atoms with Crippen molar-refractivity contribution in [2.24, 2.45) is 17.8 Å². The van der Waals surface area contributed by atoms with Crippen molar-refractivity contribution in [3.8, 4) is 0 Å². The lowest BCUT2D eigenvalue weighted by atomic mass is 9.82. The van der Waals surface area contributed by atoms with E-state index in [0.717, 1.165) is 56.9 Å². The summed E-state index contributed by atoms with van der Waals surface area (Å²) in [6, 6.07) is 0.207. The summed E-state index contributed by atoms with van der Waals surface area (Å²) in [5, 5.41) is 16.3. The molecule has 0 bridgehead atoms. The fraction of sp³-hybridized carbons (Fsp3) is 0.625. The summed E-state index contributed by atoms with van der Waals surface area (Å²) in [5.41, 5.74) is 1.70. The average Bonchev–Trinajstić information content (AvgIpc) is 3.40. The molecule has 1 heterocycles. The molecule has 0 spiro atoms. The zero-order valence-corrected chi connectivity index (χ0v) is 18.9. The standard InChI is InChI=1S/C24H32N2O4S/c1-2-14-11-12-18-19(13-14)31-23(20(18)22(28)25-15-7-3-4-8-15)26-21(27)16-9-5-6-10-17(16)24(29)30/h5-6,14-17H,2-4,7-13H2,1H3,(H,25,28)(H,26,27)(H,29,30)/t14-,16+,17-/m1/s1. The van der Waals surface area contributed by atoms with E-state index in [4.69, 9.17) is 0 Å². The Bertz CT molecular complexity index is 884. The first-order valence-electron chi connectivity index (χ1n) is 11.6. The molecule has 3 N–H and O–H groups in total. The zero-order valence-electron chi connectivity index (χ0n) is 18.1. The minimum atomic E-state index is -0.944. The molecule has 1 saturated carbocycles. The number of carbonyl (C=O) groups excluding carboxylic acids is 2. The second-order valence-electron chi connectivity index (χ2n) is 9.16. The van der Waals surface area contributed by atoms with E-state index in [1.165, 1.54) is 16.2 Å². The van der Waals surface area contributed by atoms with Crippen molar-refractivity contribution in [1.29, 1.82) is 0 Å². The Balaban J connectivity index is 1.60. The molecule has 7 heteroatoms. The third-order valence-electron chi connectivity index (χ3n) is 7.19. The van der Waals surface area contributed by atoms with Gasteiger partial charge in [-0.2, -0.15) is 0 Å². The van der Waals surface area contributed by atoms with Gasteiger partial charge in [-0.15, -0.1) is 11.3 Å². The number of allylic oxidation sites excluding steroid dienone is 2. The van der Waals surface area contributed by atoms with Crippen LogP contribution in [0.25, 0.3) is 0 Å². The van der Waals surface area contributed by atoms with Gasteiger partial charge in [0.25, 0.3) is 5.91 Å². The second kappa shape index (κ2) is 9.55. The van der Waals surface area contributed by atoms with Crippen molar-refractivity contribution in [3.05, 3.63) is 28.2 Å². The molecule has 0 saturated heterocycles. The van der Waals surface area contributed by atoms with Crippen molar-refractivity contribution in [2.75, 3.05) is 5.32 Å². The quantitative estimate of drug-likeness (QED) is 0.561. The topological polar surface area (TPSA) is 95.5 Å². The first-order valence-corrected chi connectivity index (χ1v) is 12.4. The van der Waals surface area contributed by atoms with Crippen LogP contribution in [0.15, 0.2) is 12.2 Å². The van der Waals surface area contributed by atoms with E-state index >= 15 is 0 Å². The number of carboxylic acid groups (broad SMARTS) is 1. The van der Waals surface area contributed by atoms with Crippen LogP contribution in [0.1, 0.15) is 79.1 Å². The minimum Gasteiger partial charge on any atom is -0.481 e. The van der Waals surface area contributed by atoms with Crippen molar-refractivity contribution < 1.29 is 19.5 Å². The van der Waals surface area contributed by atoms with E-state index in [0.29, 0.717) is 29.3 Å². The number of fused-ring (bicyclic) bond motifs is 1. The molecule has 1 aromatic rings. The fourth-order valence-corrected chi connectivity index (χ4v) is 6.60. The summed E-state index contributed by atoms with van der Waals surface area (Å²) < 4.78 is 0. The molecule has 1 fully saturated rings. The van der Waals surface area contributed by atoms with Gasteiger partial charge in [0, 0.05) is 10.9 Å². The Morgan fingerprint density at radius 1 is 1.10 bits per heavy atom. The summed E-state index contributed by atoms with van der Waals surface area (Å²) in [6.45, 7) is 2.20.